The van der Waals surface area contributed by atoms with Crippen molar-refractivity contribution in [2.75, 3.05) is 13.7 Å². The van der Waals surface area contributed by atoms with E-state index in [4.69, 9.17) is 10.5 Å². The van der Waals surface area contributed by atoms with Gasteiger partial charge in [-0.2, -0.15) is 0 Å². The lowest BCUT2D eigenvalue weighted by molar-refractivity contribution is -0.143. The molecule has 7 heteroatoms. The first-order valence-corrected chi connectivity index (χ1v) is 9.71. The highest BCUT2D eigenvalue weighted by atomic mass is 32.2. The Morgan fingerprint density at radius 3 is 2.19 bits per heavy atom. The zero-order chi connectivity index (χ0) is 19.1. The number of benzene rings is 2. The summed E-state index contributed by atoms with van der Waals surface area (Å²) in [5, 5.41) is 8.69. The van der Waals surface area contributed by atoms with E-state index in [1.54, 1.807) is 36.4 Å². The van der Waals surface area contributed by atoms with Crippen LogP contribution in [0, 0.1) is 12.3 Å². The van der Waals surface area contributed by atoms with Gasteiger partial charge in [0.15, 0.2) is 9.84 Å². The molecular weight excluding hydrogens is 354 g/mol. The van der Waals surface area contributed by atoms with Crippen LogP contribution >= 0.6 is 0 Å². The van der Waals surface area contributed by atoms with Gasteiger partial charge in [0.25, 0.3) is 0 Å². The Morgan fingerprint density at radius 1 is 1.15 bits per heavy atom. The fourth-order valence-corrected chi connectivity index (χ4v) is 5.99. The fraction of sp³-hybridized carbons (Fsp3) is 0.316. The van der Waals surface area contributed by atoms with Crippen LogP contribution in [0.5, 0.6) is 5.75 Å². The number of aryl methyl sites for hydroxylation is 1. The van der Waals surface area contributed by atoms with Crippen LogP contribution in [0.3, 0.4) is 0 Å². The highest BCUT2D eigenvalue weighted by Crippen LogP contribution is 2.63. The minimum Gasteiger partial charge on any atom is -0.497 e. The first-order chi connectivity index (χ1) is 12.3. The third-order valence-electron chi connectivity index (χ3n) is 5.15. The highest BCUT2D eigenvalue weighted by Gasteiger charge is 2.75. The number of carboxylic acid groups (broad SMARTS) is 1. The largest absolute Gasteiger partial charge is 0.497 e. The summed E-state index contributed by atoms with van der Waals surface area (Å²) in [6.45, 7) is 1.60. The SMILES string of the molecule is COc1ccc([C@@H]2[C@@H](S(=O)(=O)c3ccc(C)cc3)[C@]2(CN)C(=O)O)cc1. The number of aliphatic carboxylic acids is 1. The number of hydrogen-bond donors (Lipinski definition) is 2. The molecule has 1 saturated carbocycles. The van der Waals surface area contributed by atoms with Gasteiger partial charge < -0.3 is 15.6 Å². The lowest BCUT2D eigenvalue weighted by Gasteiger charge is -2.10. The van der Waals surface area contributed by atoms with E-state index in [-0.39, 0.29) is 11.4 Å². The van der Waals surface area contributed by atoms with Crippen LogP contribution in [0.15, 0.2) is 53.4 Å². The van der Waals surface area contributed by atoms with Gasteiger partial charge in [0.1, 0.15) is 11.2 Å². The van der Waals surface area contributed by atoms with Crippen molar-refractivity contribution in [1.82, 2.24) is 0 Å². The number of carbonyl (C=O) groups is 1. The molecule has 138 valence electrons. The second-order valence-corrected chi connectivity index (χ2v) is 8.65. The Balaban J connectivity index is 2.08. The summed E-state index contributed by atoms with van der Waals surface area (Å²) in [6, 6.07) is 13.2. The van der Waals surface area contributed by atoms with Gasteiger partial charge >= 0.3 is 5.97 Å². The summed E-state index contributed by atoms with van der Waals surface area (Å²) in [6.07, 6.45) is 0. The molecule has 1 aliphatic rings. The molecule has 3 N–H and O–H groups in total. The average Bonchev–Trinajstić information content (AvgIpc) is 3.34. The summed E-state index contributed by atoms with van der Waals surface area (Å²) in [7, 11) is -2.33. The van der Waals surface area contributed by atoms with Crippen molar-refractivity contribution in [3.63, 3.8) is 0 Å². The van der Waals surface area contributed by atoms with E-state index in [2.05, 4.69) is 0 Å². The van der Waals surface area contributed by atoms with Gasteiger partial charge in [-0.15, -0.1) is 0 Å². The molecule has 0 unspecified atom stereocenters. The van der Waals surface area contributed by atoms with Gasteiger partial charge in [-0.3, -0.25) is 4.79 Å². The fourth-order valence-electron chi connectivity index (χ4n) is 3.60. The number of methoxy groups -OCH3 is 1. The maximum atomic E-state index is 13.1. The molecule has 26 heavy (non-hydrogen) atoms. The van der Waals surface area contributed by atoms with Crippen molar-refractivity contribution < 1.29 is 23.1 Å². The third kappa shape index (κ3) is 2.68. The molecule has 0 aromatic heterocycles. The van der Waals surface area contributed by atoms with E-state index in [1.807, 2.05) is 6.92 Å². The zero-order valence-electron chi connectivity index (χ0n) is 14.5. The Labute approximate surface area is 152 Å². The lowest BCUT2D eigenvalue weighted by atomic mass is 9.99. The number of rotatable bonds is 6. The molecule has 1 aliphatic carbocycles. The van der Waals surface area contributed by atoms with Crippen molar-refractivity contribution in [2.45, 2.75) is 23.0 Å². The van der Waals surface area contributed by atoms with Gasteiger partial charge in [-0.1, -0.05) is 29.8 Å². The first kappa shape index (κ1) is 18.4. The second-order valence-electron chi connectivity index (χ2n) is 6.58. The molecule has 0 spiro atoms. The minimum absolute atomic E-state index is 0.114. The van der Waals surface area contributed by atoms with Crippen LogP contribution in [0.2, 0.25) is 0 Å². The monoisotopic (exact) mass is 375 g/mol. The number of sulfone groups is 1. The molecule has 0 heterocycles. The molecule has 3 rings (SSSR count). The smallest absolute Gasteiger partial charge is 0.312 e. The summed E-state index contributed by atoms with van der Waals surface area (Å²) >= 11 is 0. The van der Waals surface area contributed by atoms with Crippen molar-refractivity contribution in [3.8, 4) is 5.75 Å². The molecule has 0 radical (unpaired) electrons. The number of ether oxygens (including phenoxy) is 1. The van der Waals surface area contributed by atoms with E-state index in [1.165, 1.54) is 19.2 Å². The van der Waals surface area contributed by atoms with E-state index < -0.39 is 32.4 Å². The first-order valence-electron chi connectivity index (χ1n) is 8.17. The molecule has 3 atom stereocenters. The predicted molar refractivity (Wildman–Crippen MR) is 97.0 cm³/mol. The molecular formula is C19H21NO5S. The normalized spacial score (nSPS) is 24.9. The zero-order valence-corrected chi connectivity index (χ0v) is 15.4. The number of hydrogen-bond acceptors (Lipinski definition) is 5. The van der Waals surface area contributed by atoms with Crippen molar-refractivity contribution in [2.24, 2.45) is 11.1 Å². The van der Waals surface area contributed by atoms with Crippen LogP contribution in [0.4, 0.5) is 0 Å². The van der Waals surface area contributed by atoms with Crippen LogP contribution < -0.4 is 10.5 Å². The molecule has 2 aromatic carbocycles. The highest BCUT2D eigenvalue weighted by molar-refractivity contribution is 7.92. The van der Waals surface area contributed by atoms with Gasteiger partial charge in [0.2, 0.25) is 0 Å². The molecule has 0 aliphatic heterocycles. The van der Waals surface area contributed by atoms with Crippen LogP contribution in [-0.2, 0) is 14.6 Å². The molecule has 0 saturated heterocycles. The molecule has 6 nitrogen and oxygen atoms in total. The number of carboxylic acids is 1. The Kier molecular flexibility index (Phi) is 4.54. The van der Waals surface area contributed by atoms with Gasteiger partial charge in [0.05, 0.1) is 17.3 Å². The van der Waals surface area contributed by atoms with Crippen LogP contribution in [0.1, 0.15) is 17.0 Å². The standard InChI is InChI=1S/C19H21NO5S/c1-12-3-9-15(10-4-12)26(23,24)17-16(19(17,11-20)18(21)22)13-5-7-14(25-2)8-6-13/h3-10,16-17H,11,20H2,1-2H3,(H,21,22)/t16-,17-,19-/m1/s1. The van der Waals surface area contributed by atoms with E-state index in [9.17, 15) is 18.3 Å². The Morgan fingerprint density at radius 2 is 1.73 bits per heavy atom. The quantitative estimate of drug-likeness (QED) is 0.799. The molecule has 2 aromatic rings. The van der Waals surface area contributed by atoms with E-state index in [0.717, 1.165) is 5.56 Å². The predicted octanol–water partition coefficient (Wildman–Crippen LogP) is 1.97. The molecule has 0 amide bonds. The maximum Gasteiger partial charge on any atom is 0.312 e. The Hall–Kier alpha value is -2.38. The summed E-state index contributed by atoms with van der Waals surface area (Å²) in [4.78, 5) is 12.1. The van der Waals surface area contributed by atoms with E-state index >= 15 is 0 Å². The summed E-state index contributed by atoms with van der Waals surface area (Å²) in [5.74, 6) is -1.29. The lowest BCUT2D eigenvalue weighted by Crippen LogP contribution is -2.31. The third-order valence-corrected chi connectivity index (χ3v) is 7.44. The van der Waals surface area contributed by atoms with Crippen molar-refractivity contribution in [3.05, 3.63) is 59.7 Å². The Bertz CT molecular complexity index is 921. The van der Waals surface area contributed by atoms with E-state index in [0.29, 0.717) is 11.3 Å². The number of nitrogens with two attached hydrogens (primary N) is 1. The molecule has 0 bridgehead atoms. The van der Waals surface area contributed by atoms with Crippen LogP contribution in [-0.4, -0.2) is 38.4 Å². The van der Waals surface area contributed by atoms with Gasteiger partial charge in [-0.05, 0) is 36.8 Å². The summed E-state index contributed by atoms with van der Waals surface area (Å²) in [5.41, 5.74) is 5.79. The van der Waals surface area contributed by atoms with Gasteiger partial charge in [0, 0.05) is 12.5 Å². The second kappa shape index (κ2) is 6.41. The average molecular weight is 375 g/mol. The minimum atomic E-state index is -3.85. The van der Waals surface area contributed by atoms with Crippen molar-refractivity contribution in [1.29, 1.82) is 0 Å². The summed E-state index contributed by atoms with van der Waals surface area (Å²) < 4.78 is 31.4. The molecule has 1 fully saturated rings. The van der Waals surface area contributed by atoms with Crippen LogP contribution in [0.25, 0.3) is 0 Å². The topological polar surface area (TPSA) is 107 Å². The van der Waals surface area contributed by atoms with Crippen molar-refractivity contribution >= 4 is 15.8 Å². The maximum absolute atomic E-state index is 13.1. The van der Waals surface area contributed by atoms with Gasteiger partial charge in [-0.25, -0.2) is 8.42 Å².